The second kappa shape index (κ2) is 7.01. The Kier molecular flexibility index (Phi) is 6.22. The molecule has 1 fully saturated rings. The van der Waals surface area contributed by atoms with Gasteiger partial charge in [0.2, 0.25) is 10.0 Å². The van der Waals surface area contributed by atoms with Crippen LogP contribution in [0.3, 0.4) is 0 Å². The molecule has 0 radical (unpaired) electrons. The summed E-state index contributed by atoms with van der Waals surface area (Å²) >= 11 is 0. The fraction of sp³-hybridized carbons (Fsp3) is 1.00. The van der Waals surface area contributed by atoms with Crippen LogP contribution in [0.15, 0.2) is 0 Å². The molecule has 0 bridgehead atoms. The number of nitrogens with zero attached hydrogens (tertiary/aromatic N) is 1. The second-order valence-electron chi connectivity index (χ2n) is 4.84. The van der Waals surface area contributed by atoms with Gasteiger partial charge in [-0.1, -0.05) is 13.8 Å². The Labute approximate surface area is 116 Å². The molecular formula is C11H24N2O4S2. The number of nitrogens with one attached hydrogen (secondary N) is 1. The average Bonchev–Trinajstić information content (AvgIpc) is 2.71. The van der Waals surface area contributed by atoms with Crippen LogP contribution in [0.1, 0.15) is 26.7 Å². The Balaban J connectivity index is 2.36. The molecule has 0 aromatic rings. The van der Waals surface area contributed by atoms with Gasteiger partial charge in [-0.15, -0.1) is 0 Å². The Morgan fingerprint density at radius 3 is 2.37 bits per heavy atom. The van der Waals surface area contributed by atoms with Crippen LogP contribution in [0.5, 0.6) is 0 Å². The summed E-state index contributed by atoms with van der Waals surface area (Å²) < 4.78 is 48.9. The van der Waals surface area contributed by atoms with Crippen LogP contribution in [-0.2, 0) is 19.9 Å². The molecule has 19 heavy (non-hydrogen) atoms. The summed E-state index contributed by atoms with van der Waals surface area (Å²) in [6.07, 6.45) is 0.952. The number of sulfonamides is 1. The lowest BCUT2D eigenvalue weighted by Gasteiger charge is -2.18. The van der Waals surface area contributed by atoms with Crippen molar-refractivity contribution in [3.05, 3.63) is 0 Å². The molecule has 8 heteroatoms. The van der Waals surface area contributed by atoms with Gasteiger partial charge in [-0.2, -0.15) is 0 Å². The molecule has 1 aliphatic rings. The zero-order chi connectivity index (χ0) is 14.5. The molecular weight excluding hydrogens is 288 g/mol. The molecule has 1 atom stereocenters. The SMILES string of the molecule is CCN(CC)CCCNS(=O)(=O)C1CCS(=O)(=O)C1. The molecule has 6 nitrogen and oxygen atoms in total. The maximum Gasteiger partial charge on any atom is 0.215 e. The third kappa shape index (κ3) is 5.37. The molecule has 1 unspecified atom stereocenters. The van der Waals surface area contributed by atoms with Gasteiger partial charge in [0.15, 0.2) is 9.84 Å². The van der Waals surface area contributed by atoms with Gasteiger partial charge in [0.1, 0.15) is 0 Å². The molecule has 0 aromatic heterocycles. The molecule has 1 N–H and O–H groups in total. The van der Waals surface area contributed by atoms with E-state index >= 15 is 0 Å². The van der Waals surface area contributed by atoms with Crippen molar-refractivity contribution in [1.29, 1.82) is 0 Å². The van der Waals surface area contributed by atoms with E-state index in [2.05, 4.69) is 23.5 Å². The standard InChI is InChI=1S/C11H24N2O4S2/c1-3-13(4-2)8-5-7-12-19(16,17)11-6-9-18(14,15)10-11/h11-12H,3-10H2,1-2H3. The summed E-state index contributed by atoms with van der Waals surface area (Å²) in [6.45, 7) is 7.25. The van der Waals surface area contributed by atoms with E-state index in [1.165, 1.54) is 0 Å². The molecule has 0 aliphatic carbocycles. The third-order valence-corrected chi connectivity index (χ3v) is 7.34. The van der Waals surface area contributed by atoms with Crippen LogP contribution >= 0.6 is 0 Å². The van der Waals surface area contributed by atoms with Gasteiger partial charge in [-0.3, -0.25) is 0 Å². The van der Waals surface area contributed by atoms with E-state index in [4.69, 9.17) is 0 Å². The fourth-order valence-electron chi connectivity index (χ4n) is 2.18. The summed E-state index contributed by atoms with van der Waals surface area (Å²) in [5.74, 6) is -0.254. The van der Waals surface area contributed by atoms with Crippen LogP contribution in [0.4, 0.5) is 0 Å². The molecule has 1 rings (SSSR count). The number of hydrogen-bond acceptors (Lipinski definition) is 5. The zero-order valence-corrected chi connectivity index (χ0v) is 13.3. The van der Waals surface area contributed by atoms with E-state index in [1.54, 1.807) is 0 Å². The second-order valence-corrected chi connectivity index (χ2v) is 9.12. The Morgan fingerprint density at radius 1 is 1.26 bits per heavy atom. The highest BCUT2D eigenvalue weighted by atomic mass is 32.2. The lowest BCUT2D eigenvalue weighted by Crippen LogP contribution is -2.37. The zero-order valence-electron chi connectivity index (χ0n) is 11.6. The predicted octanol–water partition coefficient (Wildman–Crippen LogP) is -0.175. The van der Waals surface area contributed by atoms with Gasteiger partial charge in [0.25, 0.3) is 0 Å². The highest BCUT2D eigenvalue weighted by Crippen LogP contribution is 2.17. The first kappa shape index (κ1) is 16.9. The van der Waals surface area contributed by atoms with Crippen LogP contribution in [0.2, 0.25) is 0 Å². The topological polar surface area (TPSA) is 83.6 Å². The molecule has 0 saturated carbocycles. The largest absolute Gasteiger partial charge is 0.304 e. The number of sulfone groups is 1. The summed E-state index contributed by atoms with van der Waals surface area (Å²) in [7, 11) is -6.65. The highest BCUT2D eigenvalue weighted by molar-refractivity contribution is 7.95. The normalized spacial score (nSPS) is 23.0. The van der Waals surface area contributed by atoms with Gasteiger partial charge < -0.3 is 4.90 Å². The average molecular weight is 312 g/mol. The van der Waals surface area contributed by atoms with Gasteiger partial charge in [0, 0.05) is 6.54 Å². The molecule has 0 aromatic carbocycles. The number of hydrogen-bond donors (Lipinski definition) is 1. The molecule has 0 spiro atoms. The minimum atomic E-state index is -3.49. The highest BCUT2D eigenvalue weighted by Gasteiger charge is 2.36. The van der Waals surface area contributed by atoms with Gasteiger partial charge in [0.05, 0.1) is 16.8 Å². The summed E-state index contributed by atoms with van der Waals surface area (Å²) in [6, 6.07) is 0. The van der Waals surface area contributed by atoms with Crippen molar-refractivity contribution in [2.75, 3.05) is 37.7 Å². The van der Waals surface area contributed by atoms with E-state index < -0.39 is 25.1 Å². The Hall–Kier alpha value is -0.180. The van der Waals surface area contributed by atoms with Crippen LogP contribution < -0.4 is 4.72 Å². The molecule has 1 heterocycles. The molecule has 1 aliphatic heterocycles. The Bertz CT molecular complexity index is 469. The van der Waals surface area contributed by atoms with E-state index in [0.29, 0.717) is 6.54 Å². The van der Waals surface area contributed by atoms with Crippen molar-refractivity contribution in [3.63, 3.8) is 0 Å². The summed E-state index contributed by atoms with van der Waals surface area (Å²) in [4.78, 5) is 2.22. The molecule has 114 valence electrons. The van der Waals surface area contributed by atoms with Gasteiger partial charge in [-0.05, 0) is 32.5 Å². The van der Waals surface area contributed by atoms with E-state index in [0.717, 1.165) is 26.1 Å². The maximum absolute atomic E-state index is 11.9. The Morgan fingerprint density at radius 2 is 1.89 bits per heavy atom. The van der Waals surface area contributed by atoms with Crippen molar-refractivity contribution >= 4 is 19.9 Å². The minimum absolute atomic E-state index is 0.0158. The van der Waals surface area contributed by atoms with E-state index in [9.17, 15) is 16.8 Å². The van der Waals surface area contributed by atoms with Crippen molar-refractivity contribution in [1.82, 2.24) is 9.62 Å². The fourth-order valence-corrected chi connectivity index (χ4v) is 6.30. The molecule has 1 saturated heterocycles. The first-order chi connectivity index (χ1) is 8.80. The quantitative estimate of drug-likeness (QED) is 0.629. The lowest BCUT2D eigenvalue weighted by atomic mass is 10.4. The maximum atomic E-state index is 11.9. The minimum Gasteiger partial charge on any atom is -0.304 e. The first-order valence-electron chi connectivity index (χ1n) is 6.72. The molecule has 0 amide bonds. The number of rotatable bonds is 8. The van der Waals surface area contributed by atoms with Crippen molar-refractivity contribution in [3.8, 4) is 0 Å². The predicted molar refractivity (Wildman–Crippen MR) is 76.4 cm³/mol. The van der Waals surface area contributed by atoms with Gasteiger partial charge >= 0.3 is 0 Å². The lowest BCUT2D eigenvalue weighted by molar-refractivity contribution is 0.300. The van der Waals surface area contributed by atoms with Crippen molar-refractivity contribution in [2.24, 2.45) is 0 Å². The van der Waals surface area contributed by atoms with Gasteiger partial charge in [-0.25, -0.2) is 21.6 Å². The summed E-state index contributed by atoms with van der Waals surface area (Å²) in [5, 5.41) is -0.772. The smallest absolute Gasteiger partial charge is 0.215 e. The van der Waals surface area contributed by atoms with Crippen LogP contribution in [0, 0.1) is 0 Å². The first-order valence-corrected chi connectivity index (χ1v) is 10.1. The van der Waals surface area contributed by atoms with Crippen molar-refractivity contribution in [2.45, 2.75) is 31.9 Å². The van der Waals surface area contributed by atoms with E-state index in [-0.39, 0.29) is 17.9 Å². The summed E-state index contributed by atoms with van der Waals surface area (Å²) in [5.41, 5.74) is 0. The van der Waals surface area contributed by atoms with Crippen molar-refractivity contribution < 1.29 is 16.8 Å². The van der Waals surface area contributed by atoms with E-state index in [1.807, 2.05) is 0 Å². The van der Waals surface area contributed by atoms with Crippen LogP contribution in [-0.4, -0.2) is 64.7 Å². The monoisotopic (exact) mass is 312 g/mol. The third-order valence-electron chi connectivity index (χ3n) is 3.48. The van der Waals surface area contributed by atoms with Crippen LogP contribution in [0.25, 0.3) is 0 Å².